The maximum atomic E-state index is 12.0. The lowest BCUT2D eigenvalue weighted by Crippen LogP contribution is -2.31. The zero-order valence-electron chi connectivity index (χ0n) is 12.9. The normalized spacial score (nSPS) is 18.6. The molecule has 1 N–H and O–H groups in total. The van der Waals surface area contributed by atoms with E-state index in [0.29, 0.717) is 5.56 Å². The van der Waals surface area contributed by atoms with Crippen LogP contribution in [-0.4, -0.2) is 11.0 Å². The third-order valence-electron chi connectivity index (χ3n) is 4.39. The van der Waals surface area contributed by atoms with E-state index in [1.165, 1.54) is 17.7 Å². The minimum Gasteiger partial charge on any atom is -0.872 e. The van der Waals surface area contributed by atoms with Crippen molar-refractivity contribution in [1.29, 1.82) is 0 Å². The number of nitrogens with one attached hydrogen (secondary N) is 1. The molecule has 1 unspecified atom stereocenters. The van der Waals surface area contributed by atoms with Crippen LogP contribution in [0.1, 0.15) is 25.0 Å². The molecule has 0 radical (unpaired) electrons. The molecule has 5 nitrogen and oxygen atoms in total. The van der Waals surface area contributed by atoms with Crippen LogP contribution in [0.2, 0.25) is 0 Å². The number of benzene rings is 2. The Morgan fingerprint density at radius 1 is 1.22 bits per heavy atom. The quantitative estimate of drug-likeness (QED) is 0.695. The number of para-hydroxylation sites is 1. The molecule has 0 aromatic heterocycles. The van der Waals surface area contributed by atoms with Crippen LogP contribution in [0.5, 0.6) is 5.75 Å². The highest BCUT2D eigenvalue weighted by atomic mass is 16.6. The average molecular weight is 309 g/mol. The highest BCUT2D eigenvalue weighted by Gasteiger charge is 2.37. The van der Waals surface area contributed by atoms with Crippen LogP contribution in [0, 0.1) is 10.1 Å². The summed E-state index contributed by atoms with van der Waals surface area (Å²) in [5.41, 5.74) is 2.50. The third-order valence-corrected chi connectivity index (χ3v) is 4.39. The maximum Gasteiger partial charge on any atom is 0.268 e. The van der Waals surface area contributed by atoms with Gasteiger partial charge >= 0.3 is 0 Å². The lowest BCUT2D eigenvalue weighted by atomic mass is 9.80. The number of hydrogen-bond donors (Lipinski definition) is 1. The van der Waals surface area contributed by atoms with E-state index in [9.17, 15) is 15.2 Å². The molecule has 3 rings (SSSR count). The summed E-state index contributed by atoms with van der Waals surface area (Å²) >= 11 is 0. The van der Waals surface area contributed by atoms with Crippen molar-refractivity contribution in [3.8, 4) is 5.75 Å². The van der Waals surface area contributed by atoms with Crippen LogP contribution in [0.15, 0.2) is 48.5 Å². The summed E-state index contributed by atoms with van der Waals surface area (Å²) in [6, 6.07) is 12.1. The predicted octanol–water partition coefficient (Wildman–Crippen LogP) is 3.45. The van der Waals surface area contributed by atoms with Crippen LogP contribution >= 0.6 is 0 Å². The molecule has 23 heavy (non-hydrogen) atoms. The molecular weight excluding hydrogens is 292 g/mol. The summed E-state index contributed by atoms with van der Waals surface area (Å²) in [6.45, 7) is 4.30. The molecule has 0 fully saturated rings. The summed E-state index contributed by atoms with van der Waals surface area (Å²) in [6.07, 6.45) is 3.68. The first-order valence-electron chi connectivity index (χ1n) is 7.39. The van der Waals surface area contributed by atoms with Crippen LogP contribution in [0.3, 0.4) is 0 Å². The first kappa shape index (κ1) is 15.1. The van der Waals surface area contributed by atoms with Crippen molar-refractivity contribution in [1.82, 2.24) is 0 Å². The molecule has 2 aromatic carbocycles. The van der Waals surface area contributed by atoms with Gasteiger partial charge in [0.05, 0.1) is 11.0 Å². The fourth-order valence-electron chi connectivity index (χ4n) is 2.95. The summed E-state index contributed by atoms with van der Waals surface area (Å²) in [5, 5.41) is 26.1. The highest BCUT2D eigenvalue weighted by Crippen LogP contribution is 2.41. The standard InChI is InChI=1S/C18H18N2O3/c1-18(2)14-5-3-4-6-15(14)19-17(18)10-8-12-7-9-13(20(22)23)11-16(12)21/h3-11,17,19,21H,1-2H3/p-1/b10-8+. The van der Waals surface area contributed by atoms with Gasteiger partial charge in [0.25, 0.3) is 5.69 Å². The second-order valence-electron chi connectivity index (χ2n) is 6.23. The largest absolute Gasteiger partial charge is 0.872 e. The molecule has 1 aliphatic rings. The summed E-state index contributed by atoms with van der Waals surface area (Å²) in [7, 11) is 0. The molecule has 5 heteroatoms. The molecule has 0 saturated heterocycles. The van der Waals surface area contributed by atoms with E-state index in [1.54, 1.807) is 6.08 Å². The maximum absolute atomic E-state index is 12.0. The van der Waals surface area contributed by atoms with Crippen LogP contribution in [-0.2, 0) is 5.41 Å². The fourth-order valence-corrected chi connectivity index (χ4v) is 2.95. The van der Waals surface area contributed by atoms with Crippen molar-refractivity contribution in [2.24, 2.45) is 0 Å². The molecular formula is C18H17N2O3-. The van der Waals surface area contributed by atoms with Gasteiger partial charge in [-0.25, -0.2) is 0 Å². The van der Waals surface area contributed by atoms with E-state index in [2.05, 4.69) is 25.2 Å². The van der Waals surface area contributed by atoms with Crippen LogP contribution in [0.25, 0.3) is 6.08 Å². The topological polar surface area (TPSA) is 78.2 Å². The van der Waals surface area contributed by atoms with Crippen molar-refractivity contribution in [2.45, 2.75) is 25.3 Å². The smallest absolute Gasteiger partial charge is 0.268 e. The number of hydrogen-bond acceptors (Lipinski definition) is 4. The van der Waals surface area contributed by atoms with Crippen molar-refractivity contribution in [2.75, 3.05) is 5.32 Å². The molecule has 0 bridgehead atoms. The molecule has 0 amide bonds. The molecule has 1 atom stereocenters. The van der Waals surface area contributed by atoms with Gasteiger partial charge in [-0.15, -0.1) is 0 Å². The molecule has 2 aromatic rings. The number of non-ortho nitro benzene ring substituents is 1. The van der Waals surface area contributed by atoms with Gasteiger partial charge in [0.2, 0.25) is 0 Å². The number of rotatable bonds is 3. The average Bonchev–Trinajstić information content (AvgIpc) is 2.77. The first-order chi connectivity index (χ1) is 10.9. The first-order valence-corrected chi connectivity index (χ1v) is 7.39. The zero-order valence-corrected chi connectivity index (χ0v) is 12.9. The predicted molar refractivity (Wildman–Crippen MR) is 88.5 cm³/mol. The fraction of sp³-hybridized carbons (Fsp3) is 0.222. The van der Waals surface area contributed by atoms with Crippen molar-refractivity contribution >= 4 is 17.5 Å². The molecule has 1 heterocycles. The van der Waals surface area contributed by atoms with Gasteiger partial charge in [-0.2, -0.15) is 0 Å². The Balaban J connectivity index is 1.86. The van der Waals surface area contributed by atoms with Crippen molar-refractivity contribution < 1.29 is 10.0 Å². The van der Waals surface area contributed by atoms with Crippen LogP contribution in [0.4, 0.5) is 11.4 Å². The monoisotopic (exact) mass is 309 g/mol. The molecule has 0 aliphatic carbocycles. The Labute approximate surface area is 134 Å². The Kier molecular flexibility index (Phi) is 3.56. The molecule has 118 valence electrons. The van der Waals surface area contributed by atoms with Crippen molar-refractivity contribution in [3.05, 3.63) is 69.8 Å². The van der Waals surface area contributed by atoms with E-state index < -0.39 is 4.92 Å². The van der Waals surface area contributed by atoms with Gasteiger partial charge in [0, 0.05) is 23.2 Å². The zero-order chi connectivity index (χ0) is 16.6. The number of nitro benzene ring substituents is 1. The van der Waals surface area contributed by atoms with Gasteiger partial charge < -0.3 is 10.4 Å². The highest BCUT2D eigenvalue weighted by molar-refractivity contribution is 5.66. The van der Waals surface area contributed by atoms with Gasteiger partial charge in [-0.1, -0.05) is 49.9 Å². The minimum absolute atomic E-state index is 0.0505. The van der Waals surface area contributed by atoms with Crippen LogP contribution < -0.4 is 10.4 Å². The molecule has 0 saturated carbocycles. The Bertz CT molecular complexity index is 797. The lowest BCUT2D eigenvalue weighted by Gasteiger charge is -2.25. The number of nitrogens with zero attached hydrogens (tertiary/aromatic N) is 1. The summed E-state index contributed by atoms with van der Waals surface area (Å²) in [4.78, 5) is 10.1. The van der Waals surface area contributed by atoms with Crippen molar-refractivity contribution in [3.63, 3.8) is 0 Å². The number of nitro groups is 1. The Morgan fingerprint density at radius 3 is 2.61 bits per heavy atom. The summed E-state index contributed by atoms with van der Waals surface area (Å²) in [5.74, 6) is -0.344. The third kappa shape index (κ3) is 2.65. The Hall–Kier alpha value is -2.82. The number of anilines is 1. The van der Waals surface area contributed by atoms with E-state index in [0.717, 1.165) is 11.8 Å². The van der Waals surface area contributed by atoms with E-state index in [1.807, 2.05) is 24.3 Å². The minimum atomic E-state index is -0.562. The Morgan fingerprint density at radius 2 is 1.96 bits per heavy atom. The van der Waals surface area contributed by atoms with Gasteiger partial charge in [0.15, 0.2) is 0 Å². The summed E-state index contributed by atoms with van der Waals surface area (Å²) < 4.78 is 0. The van der Waals surface area contributed by atoms with Gasteiger partial charge in [0.1, 0.15) is 0 Å². The molecule has 0 spiro atoms. The van der Waals surface area contributed by atoms with Gasteiger partial charge in [-0.3, -0.25) is 10.1 Å². The lowest BCUT2D eigenvalue weighted by molar-refractivity contribution is -0.385. The number of fused-ring (bicyclic) bond motifs is 1. The van der Waals surface area contributed by atoms with E-state index >= 15 is 0 Å². The second kappa shape index (κ2) is 5.43. The van der Waals surface area contributed by atoms with E-state index in [4.69, 9.17) is 0 Å². The second-order valence-corrected chi connectivity index (χ2v) is 6.23. The van der Waals surface area contributed by atoms with E-state index in [-0.39, 0.29) is 22.9 Å². The SMILES string of the molecule is CC1(C)c2ccccc2NC1/C=C/c1ccc([N+](=O)[O-])cc1[O-]. The molecule has 1 aliphatic heterocycles. The van der Waals surface area contributed by atoms with Gasteiger partial charge in [-0.05, 0) is 23.3 Å².